The summed E-state index contributed by atoms with van der Waals surface area (Å²) in [5, 5.41) is 3.11. The number of benzene rings is 1. The normalized spacial score (nSPS) is 20.1. The molecular formula is C16H22FNO2. The van der Waals surface area contributed by atoms with Crippen molar-refractivity contribution in [1.82, 2.24) is 5.32 Å². The summed E-state index contributed by atoms with van der Waals surface area (Å²) in [4.78, 5) is 12.2. The third-order valence-electron chi connectivity index (χ3n) is 3.80. The second-order valence-electron chi connectivity index (χ2n) is 5.75. The van der Waals surface area contributed by atoms with Gasteiger partial charge in [-0.15, -0.1) is 0 Å². The highest BCUT2D eigenvalue weighted by atomic mass is 19.1. The van der Waals surface area contributed by atoms with Crippen LogP contribution < -0.4 is 5.32 Å². The Morgan fingerprint density at radius 2 is 2.10 bits per heavy atom. The lowest BCUT2D eigenvalue weighted by atomic mass is 9.95. The first-order valence-corrected chi connectivity index (χ1v) is 7.19. The summed E-state index contributed by atoms with van der Waals surface area (Å²) in [5.74, 6) is 0.140. The van der Waals surface area contributed by atoms with Gasteiger partial charge in [0.2, 0.25) is 5.91 Å². The molecule has 2 atom stereocenters. The zero-order chi connectivity index (χ0) is 14.5. The van der Waals surface area contributed by atoms with Crippen LogP contribution in [0, 0.1) is 17.7 Å². The molecule has 1 fully saturated rings. The zero-order valence-electron chi connectivity index (χ0n) is 12.1. The highest BCUT2D eigenvalue weighted by Crippen LogP contribution is 2.16. The average molecular weight is 279 g/mol. The molecular weight excluding hydrogens is 257 g/mol. The fourth-order valence-electron chi connectivity index (χ4n) is 2.37. The van der Waals surface area contributed by atoms with Crippen molar-refractivity contribution in [3.05, 3.63) is 35.6 Å². The van der Waals surface area contributed by atoms with Gasteiger partial charge in [0.25, 0.3) is 0 Å². The lowest BCUT2D eigenvalue weighted by Gasteiger charge is -2.24. The number of hydrogen-bond acceptors (Lipinski definition) is 2. The highest BCUT2D eigenvalue weighted by molar-refractivity contribution is 5.79. The van der Waals surface area contributed by atoms with Gasteiger partial charge in [0.1, 0.15) is 5.82 Å². The number of halogens is 1. The Kier molecular flexibility index (Phi) is 5.12. The summed E-state index contributed by atoms with van der Waals surface area (Å²) in [6.45, 7) is 5.36. The van der Waals surface area contributed by atoms with Crippen molar-refractivity contribution in [2.24, 2.45) is 11.8 Å². The molecule has 1 aliphatic rings. The molecule has 1 aliphatic heterocycles. The quantitative estimate of drug-likeness (QED) is 0.899. The maximum atomic E-state index is 12.9. The fraction of sp³-hybridized carbons (Fsp3) is 0.562. The molecule has 110 valence electrons. The van der Waals surface area contributed by atoms with Crippen LogP contribution in [0.1, 0.15) is 25.8 Å². The Morgan fingerprint density at radius 1 is 1.40 bits per heavy atom. The molecule has 0 saturated carbocycles. The van der Waals surface area contributed by atoms with Gasteiger partial charge >= 0.3 is 0 Å². The molecule has 1 heterocycles. The van der Waals surface area contributed by atoms with Gasteiger partial charge in [-0.25, -0.2) is 4.39 Å². The zero-order valence-corrected chi connectivity index (χ0v) is 12.1. The standard InChI is InChI=1S/C16H22FNO2/c1-11(2)15(9-12-3-5-14(17)6-4-12)18-16(19)13-7-8-20-10-13/h3-6,11,13,15H,7-10H2,1-2H3,(H,18,19)/t13-,15-/m0/s1. The maximum Gasteiger partial charge on any atom is 0.225 e. The third kappa shape index (κ3) is 4.04. The van der Waals surface area contributed by atoms with Crippen molar-refractivity contribution in [3.8, 4) is 0 Å². The minimum absolute atomic E-state index is 0.0236. The van der Waals surface area contributed by atoms with E-state index in [1.54, 1.807) is 12.1 Å². The summed E-state index contributed by atoms with van der Waals surface area (Å²) >= 11 is 0. The molecule has 0 unspecified atom stereocenters. The van der Waals surface area contributed by atoms with E-state index in [0.29, 0.717) is 19.1 Å². The maximum absolute atomic E-state index is 12.9. The molecule has 1 aromatic carbocycles. The molecule has 1 saturated heterocycles. The van der Waals surface area contributed by atoms with Crippen molar-refractivity contribution >= 4 is 5.91 Å². The van der Waals surface area contributed by atoms with Crippen molar-refractivity contribution in [1.29, 1.82) is 0 Å². The number of carbonyl (C=O) groups excluding carboxylic acids is 1. The number of hydrogen-bond donors (Lipinski definition) is 1. The summed E-state index contributed by atoms with van der Waals surface area (Å²) in [6, 6.07) is 6.53. The van der Waals surface area contributed by atoms with Crippen LogP contribution >= 0.6 is 0 Å². The number of ether oxygens (including phenoxy) is 1. The molecule has 1 amide bonds. The SMILES string of the molecule is CC(C)[C@H](Cc1ccc(F)cc1)NC(=O)[C@H]1CCOC1. The van der Waals surface area contributed by atoms with E-state index in [-0.39, 0.29) is 23.7 Å². The van der Waals surface area contributed by atoms with Gasteiger partial charge in [0, 0.05) is 12.6 Å². The number of nitrogens with one attached hydrogen (secondary N) is 1. The molecule has 0 aliphatic carbocycles. The van der Waals surface area contributed by atoms with Crippen LogP contribution in [-0.4, -0.2) is 25.2 Å². The van der Waals surface area contributed by atoms with Crippen molar-refractivity contribution < 1.29 is 13.9 Å². The Bertz CT molecular complexity index is 438. The van der Waals surface area contributed by atoms with E-state index in [1.165, 1.54) is 12.1 Å². The van der Waals surface area contributed by atoms with E-state index in [0.717, 1.165) is 18.4 Å². The van der Waals surface area contributed by atoms with E-state index in [1.807, 2.05) is 0 Å². The predicted octanol–water partition coefficient (Wildman–Crippen LogP) is 2.55. The second kappa shape index (κ2) is 6.84. The van der Waals surface area contributed by atoms with E-state index >= 15 is 0 Å². The molecule has 0 spiro atoms. The molecule has 1 N–H and O–H groups in total. The topological polar surface area (TPSA) is 38.3 Å². The molecule has 20 heavy (non-hydrogen) atoms. The van der Waals surface area contributed by atoms with Crippen LogP contribution in [0.2, 0.25) is 0 Å². The minimum Gasteiger partial charge on any atom is -0.381 e. The van der Waals surface area contributed by atoms with Gasteiger partial charge in [-0.3, -0.25) is 4.79 Å². The third-order valence-corrected chi connectivity index (χ3v) is 3.80. The Labute approximate surface area is 119 Å². The van der Waals surface area contributed by atoms with Crippen molar-refractivity contribution in [3.63, 3.8) is 0 Å². The average Bonchev–Trinajstić information content (AvgIpc) is 2.94. The molecule has 0 aromatic heterocycles. The first kappa shape index (κ1) is 15.0. The molecule has 0 bridgehead atoms. The monoisotopic (exact) mass is 279 g/mol. The van der Waals surface area contributed by atoms with E-state index in [4.69, 9.17) is 4.74 Å². The largest absolute Gasteiger partial charge is 0.381 e. The van der Waals surface area contributed by atoms with Crippen LogP contribution in [-0.2, 0) is 16.0 Å². The fourth-order valence-corrected chi connectivity index (χ4v) is 2.37. The van der Waals surface area contributed by atoms with Gasteiger partial charge in [-0.2, -0.15) is 0 Å². The summed E-state index contributed by atoms with van der Waals surface area (Å²) in [7, 11) is 0. The first-order chi connectivity index (χ1) is 9.56. The first-order valence-electron chi connectivity index (χ1n) is 7.19. The summed E-state index contributed by atoms with van der Waals surface area (Å²) in [5.41, 5.74) is 1.04. The predicted molar refractivity (Wildman–Crippen MR) is 75.8 cm³/mol. The second-order valence-corrected chi connectivity index (χ2v) is 5.75. The lowest BCUT2D eigenvalue weighted by molar-refractivity contribution is -0.126. The Hall–Kier alpha value is -1.42. The molecule has 4 heteroatoms. The van der Waals surface area contributed by atoms with Gasteiger partial charge in [-0.05, 0) is 36.5 Å². The van der Waals surface area contributed by atoms with Gasteiger partial charge in [0.05, 0.1) is 12.5 Å². The van der Waals surface area contributed by atoms with Crippen LogP contribution in [0.25, 0.3) is 0 Å². The number of carbonyl (C=O) groups is 1. The molecule has 3 nitrogen and oxygen atoms in total. The number of rotatable bonds is 5. The molecule has 0 radical (unpaired) electrons. The van der Waals surface area contributed by atoms with Gasteiger partial charge < -0.3 is 10.1 Å². The molecule has 2 rings (SSSR count). The smallest absolute Gasteiger partial charge is 0.225 e. The summed E-state index contributed by atoms with van der Waals surface area (Å²) in [6.07, 6.45) is 1.52. The number of amides is 1. The van der Waals surface area contributed by atoms with Crippen LogP contribution in [0.5, 0.6) is 0 Å². The van der Waals surface area contributed by atoms with Crippen LogP contribution in [0.3, 0.4) is 0 Å². The van der Waals surface area contributed by atoms with E-state index in [2.05, 4.69) is 19.2 Å². The van der Waals surface area contributed by atoms with Crippen LogP contribution in [0.15, 0.2) is 24.3 Å². The van der Waals surface area contributed by atoms with Crippen LogP contribution in [0.4, 0.5) is 4.39 Å². The van der Waals surface area contributed by atoms with E-state index in [9.17, 15) is 9.18 Å². The van der Waals surface area contributed by atoms with Crippen molar-refractivity contribution in [2.75, 3.05) is 13.2 Å². The van der Waals surface area contributed by atoms with Gasteiger partial charge in [0.15, 0.2) is 0 Å². The Balaban J connectivity index is 1.96. The van der Waals surface area contributed by atoms with E-state index < -0.39 is 0 Å². The van der Waals surface area contributed by atoms with Crippen molar-refractivity contribution in [2.45, 2.75) is 32.7 Å². The summed E-state index contributed by atoms with van der Waals surface area (Å²) < 4.78 is 18.2. The minimum atomic E-state index is -0.234. The lowest BCUT2D eigenvalue weighted by Crippen LogP contribution is -2.43. The Morgan fingerprint density at radius 3 is 2.65 bits per heavy atom. The molecule has 1 aromatic rings. The van der Waals surface area contributed by atoms with Gasteiger partial charge in [-0.1, -0.05) is 26.0 Å². The highest BCUT2D eigenvalue weighted by Gasteiger charge is 2.26.